The minimum Gasteiger partial charge on any atom is -0.493 e. The van der Waals surface area contributed by atoms with Crippen LogP contribution in [0, 0.1) is 0 Å². The third kappa shape index (κ3) is 4.42. The SMILES string of the molecule is CCOc1ccc(C(=O)N(C)Cc2ccc(OC)c(OC)c2OC)cc1OC. The van der Waals surface area contributed by atoms with Gasteiger partial charge in [-0.3, -0.25) is 4.79 Å². The molecule has 2 aromatic carbocycles. The van der Waals surface area contributed by atoms with Crippen molar-refractivity contribution in [2.24, 2.45) is 0 Å². The van der Waals surface area contributed by atoms with Gasteiger partial charge >= 0.3 is 0 Å². The predicted molar refractivity (Wildman–Crippen MR) is 106 cm³/mol. The Morgan fingerprint density at radius 2 is 1.50 bits per heavy atom. The van der Waals surface area contributed by atoms with E-state index in [1.165, 1.54) is 0 Å². The van der Waals surface area contributed by atoms with Crippen LogP contribution < -0.4 is 23.7 Å². The summed E-state index contributed by atoms with van der Waals surface area (Å²) >= 11 is 0. The van der Waals surface area contributed by atoms with E-state index >= 15 is 0 Å². The van der Waals surface area contributed by atoms with Crippen molar-refractivity contribution < 1.29 is 28.5 Å². The van der Waals surface area contributed by atoms with E-state index in [0.29, 0.717) is 47.5 Å². The maximum atomic E-state index is 12.9. The second kappa shape index (κ2) is 9.73. The van der Waals surface area contributed by atoms with Crippen molar-refractivity contribution in [3.05, 3.63) is 41.5 Å². The van der Waals surface area contributed by atoms with Gasteiger partial charge in [0, 0.05) is 24.7 Å². The van der Waals surface area contributed by atoms with E-state index in [2.05, 4.69) is 0 Å². The molecule has 2 aromatic rings. The molecule has 0 aliphatic heterocycles. The molecule has 0 aliphatic carbocycles. The van der Waals surface area contributed by atoms with E-state index in [0.717, 1.165) is 5.56 Å². The van der Waals surface area contributed by atoms with E-state index in [4.69, 9.17) is 23.7 Å². The van der Waals surface area contributed by atoms with Crippen LogP contribution >= 0.6 is 0 Å². The molecule has 0 aliphatic rings. The van der Waals surface area contributed by atoms with Crippen LogP contribution in [0.1, 0.15) is 22.8 Å². The maximum absolute atomic E-state index is 12.9. The van der Waals surface area contributed by atoms with Gasteiger partial charge < -0.3 is 28.6 Å². The van der Waals surface area contributed by atoms with Gasteiger partial charge in [0.1, 0.15) is 0 Å². The van der Waals surface area contributed by atoms with Crippen LogP contribution in [-0.4, -0.2) is 52.9 Å². The van der Waals surface area contributed by atoms with Crippen LogP contribution in [0.15, 0.2) is 30.3 Å². The van der Waals surface area contributed by atoms with Crippen molar-refractivity contribution in [3.8, 4) is 28.7 Å². The van der Waals surface area contributed by atoms with Gasteiger partial charge in [-0.05, 0) is 37.3 Å². The predicted octanol–water partition coefficient (Wildman–Crippen LogP) is 3.39. The van der Waals surface area contributed by atoms with Crippen molar-refractivity contribution in [1.29, 1.82) is 0 Å². The number of methoxy groups -OCH3 is 4. The van der Waals surface area contributed by atoms with Crippen molar-refractivity contribution >= 4 is 5.91 Å². The first-order chi connectivity index (χ1) is 13.5. The van der Waals surface area contributed by atoms with Gasteiger partial charge in [0.05, 0.1) is 35.0 Å². The molecule has 28 heavy (non-hydrogen) atoms. The molecule has 0 aromatic heterocycles. The molecule has 0 saturated carbocycles. The van der Waals surface area contributed by atoms with E-state index in [1.54, 1.807) is 64.7 Å². The zero-order valence-corrected chi connectivity index (χ0v) is 17.2. The molecule has 0 bridgehead atoms. The Morgan fingerprint density at radius 3 is 2.07 bits per heavy atom. The van der Waals surface area contributed by atoms with Gasteiger partial charge in [-0.25, -0.2) is 0 Å². The second-order valence-corrected chi connectivity index (χ2v) is 5.95. The Labute approximate surface area is 165 Å². The number of hydrogen-bond donors (Lipinski definition) is 0. The summed E-state index contributed by atoms with van der Waals surface area (Å²) in [4.78, 5) is 14.5. The number of hydrogen-bond acceptors (Lipinski definition) is 6. The first kappa shape index (κ1) is 21.2. The summed E-state index contributed by atoms with van der Waals surface area (Å²) in [5.41, 5.74) is 1.30. The van der Waals surface area contributed by atoms with E-state index in [1.807, 2.05) is 13.0 Å². The molecule has 0 radical (unpaired) electrons. The molecule has 0 atom stereocenters. The van der Waals surface area contributed by atoms with Crippen LogP contribution in [-0.2, 0) is 6.54 Å². The molecule has 0 spiro atoms. The maximum Gasteiger partial charge on any atom is 0.254 e. The van der Waals surface area contributed by atoms with Crippen LogP contribution in [0.25, 0.3) is 0 Å². The Hall–Kier alpha value is -3.09. The molecule has 152 valence electrons. The average Bonchev–Trinajstić information content (AvgIpc) is 2.72. The Balaban J connectivity index is 2.28. The van der Waals surface area contributed by atoms with Crippen LogP contribution in [0.4, 0.5) is 0 Å². The second-order valence-electron chi connectivity index (χ2n) is 5.95. The molecule has 7 nitrogen and oxygen atoms in total. The largest absolute Gasteiger partial charge is 0.493 e. The average molecular weight is 389 g/mol. The molecule has 7 heteroatoms. The molecule has 0 N–H and O–H groups in total. The number of rotatable bonds is 9. The molecular weight excluding hydrogens is 362 g/mol. The van der Waals surface area contributed by atoms with Gasteiger partial charge in [0.2, 0.25) is 5.75 Å². The van der Waals surface area contributed by atoms with E-state index in [9.17, 15) is 4.79 Å². The van der Waals surface area contributed by atoms with Crippen molar-refractivity contribution in [1.82, 2.24) is 4.90 Å². The lowest BCUT2D eigenvalue weighted by Crippen LogP contribution is -2.26. The van der Waals surface area contributed by atoms with Crippen LogP contribution in [0.3, 0.4) is 0 Å². The fraction of sp³-hybridized carbons (Fsp3) is 0.381. The molecular formula is C21H27NO6. The highest BCUT2D eigenvalue weighted by Crippen LogP contribution is 2.40. The summed E-state index contributed by atoms with van der Waals surface area (Å²) in [7, 11) is 7.93. The minimum atomic E-state index is -0.154. The monoisotopic (exact) mass is 389 g/mol. The standard InChI is InChI=1S/C21H27NO6/c1-7-28-16-10-8-14(12-18(16)25-4)21(23)22(2)13-15-9-11-17(24-3)20(27-6)19(15)26-5/h8-12H,7,13H2,1-6H3. The summed E-state index contributed by atoms with van der Waals surface area (Å²) in [5, 5.41) is 0. The number of carbonyl (C=O) groups excluding carboxylic acids is 1. The molecule has 0 unspecified atom stereocenters. The third-order valence-electron chi connectivity index (χ3n) is 4.25. The third-order valence-corrected chi connectivity index (χ3v) is 4.25. The zero-order valence-electron chi connectivity index (χ0n) is 17.2. The van der Waals surface area contributed by atoms with Gasteiger partial charge in [-0.2, -0.15) is 0 Å². The lowest BCUT2D eigenvalue weighted by atomic mass is 10.1. The first-order valence-electron chi connectivity index (χ1n) is 8.84. The molecule has 0 saturated heterocycles. The minimum absolute atomic E-state index is 0.154. The molecule has 0 fully saturated rings. The number of nitrogens with zero attached hydrogens (tertiary/aromatic N) is 1. The normalized spacial score (nSPS) is 10.2. The van der Waals surface area contributed by atoms with Gasteiger partial charge in [-0.15, -0.1) is 0 Å². The zero-order chi connectivity index (χ0) is 20.7. The molecule has 1 amide bonds. The van der Waals surface area contributed by atoms with E-state index in [-0.39, 0.29) is 5.91 Å². The highest BCUT2D eigenvalue weighted by atomic mass is 16.5. The summed E-state index contributed by atoms with van der Waals surface area (Å²) in [6, 6.07) is 8.77. The highest BCUT2D eigenvalue weighted by molar-refractivity contribution is 5.94. The fourth-order valence-corrected chi connectivity index (χ4v) is 2.91. The summed E-state index contributed by atoms with van der Waals surface area (Å²) in [6.07, 6.45) is 0. The van der Waals surface area contributed by atoms with Gasteiger partial charge in [0.15, 0.2) is 23.0 Å². The fourth-order valence-electron chi connectivity index (χ4n) is 2.91. The quantitative estimate of drug-likeness (QED) is 0.655. The van der Waals surface area contributed by atoms with Gasteiger partial charge in [0.25, 0.3) is 5.91 Å². The Bertz CT molecular complexity index is 821. The smallest absolute Gasteiger partial charge is 0.254 e. The summed E-state index contributed by atoms with van der Waals surface area (Å²) in [6.45, 7) is 2.74. The molecule has 2 rings (SSSR count). The number of carbonyl (C=O) groups is 1. The molecule has 0 heterocycles. The Morgan fingerprint density at radius 1 is 0.857 bits per heavy atom. The number of ether oxygens (including phenoxy) is 5. The summed E-state index contributed by atoms with van der Waals surface area (Å²) in [5.74, 6) is 2.55. The number of amides is 1. The lowest BCUT2D eigenvalue weighted by molar-refractivity contribution is 0.0783. The van der Waals surface area contributed by atoms with Crippen molar-refractivity contribution in [2.75, 3.05) is 42.1 Å². The topological polar surface area (TPSA) is 66.5 Å². The van der Waals surface area contributed by atoms with Crippen LogP contribution in [0.5, 0.6) is 28.7 Å². The lowest BCUT2D eigenvalue weighted by Gasteiger charge is -2.21. The van der Waals surface area contributed by atoms with E-state index < -0.39 is 0 Å². The summed E-state index contributed by atoms with van der Waals surface area (Å²) < 4.78 is 27.0. The van der Waals surface area contributed by atoms with Crippen molar-refractivity contribution in [2.45, 2.75) is 13.5 Å². The van der Waals surface area contributed by atoms with Crippen molar-refractivity contribution in [3.63, 3.8) is 0 Å². The Kier molecular flexibility index (Phi) is 7.37. The highest BCUT2D eigenvalue weighted by Gasteiger charge is 2.20. The van der Waals surface area contributed by atoms with Crippen LogP contribution in [0.2, 0.25) is 0 Å². The number of benzene rings is 2. The first-order valence-corrected chi connectivity index (χ1v) is 8.84. The van der Waals surface area contributed by atoms with Gasteiger partial charge in [-0.1, -0.05) is 0 Å².